The lowest BCUT2D eigenvalue weighted by Gasteiger charge is -2.05. The molecule has 12 heavy (non-hydrogen) atoms. The van der Waals surface area contributed by atoms with Crippen molar-refractivity contribution < 1.29 is 14.3 Å². The molecule has 0 amide bonds. The van der Waals surface area contributed by atoms with Gasteiger partial charge in [0.1, 0.15) is 0 Å². The van der Waals surface area contributed by atoms with Crippen LogP contribution in [-0.2, 0) is 4.84 Å². The van der Waals surface area contributed by atoms with Gasteiger partial charge in [-0.2, -0.15) is 0 Å². The average Bonchev–Trinajstić information content (AvgIpc) is 2.48. The molecule has 0 aliphatic heterocycles. The van der Waals surface area contributed by atoms with Crippen molar-refractivity contribution in [3.8, 4) is 10.8 Å². The van der Waals surface area contributed by atoms with E-state index in [-0.39, 0.29) is 0 Å². The van der Waals surface area contributed by atoms with Gasteiger partial charge in [0.25, 0.3) is 0 Å². The lowest BCUT2D eigenvalue weighted by Crippen LogP contribution is -1.97. The molecule has 0 saturated carbocycles. The summed E-state index contributed by atoms with van der Waals surface area (Å²) in [4.78, 5) is 4.77. The highest BCUT2D eigenvalue weighted by molar-refractivity contribution is 7.12. The minimum absolute atomic E-state index is 0.721. The fourth-order valence-corrected chi connectivity index (χ4v) is 1.60. The van der Waals surface area contributed by atoms with Gasteiger partial charge in [0.2, 0.25) is 5.06 Å². The number of nitrogens with one attached hydrogen (secondary N) is 1. The third-order valence-electron chi connectivity index (χ3n) is 1.33. The fraction of sp³-hybridized carbons (Fsp3) is 0.429. The third kappa shape index (κ3) is 1.62. The lowest BCUT2D eigenvalue weighted by molar-refractivity contribution is 0.265. The molecule has 5 heteroatoms. The fourth-order valence-electron chi connectivity index (χ4n) is 0.820. The first-order valence-electron chi connectivity index (χ1n) is 3.32. The highest BCUT2D eigenvalue weighted by Gasteiger charge is 2.11. The van der Waals surface area contributed by atoms with Gasteiger partial charge >= 0.3 is 0 Å². The maximum atomic E-state index is 5.08. The molecule has 0 atom stereocenters. The summed E-state index contributed by atoms with van der Waals surface area (Å²) in [7, 11) is 4.74. The summed E-state index contributed by atoms with van der Waals surface area (Å²) < 4.78 is 10.1. The molecule has 0 radical (unpaired) electrons. The quantitative estimate of drug-likeness (QED) is 0.732. The number of methoxy groups -OCH3 is 2. The molecule has 1 N–H and O–H groups in total. The van der Waals surface area contributed by atoms with E-state index in [1.807, 2.05) is 5.38 Å². The van der Waals surface area contributed by atoms with Crippen LogP contribution >= 0.6 is 11.3 Å². The van der Waals surface area contributed by atoms with E-state index in [2.05, 4.69) is 5.48 Å². The van der Waals surface area contributed by atoms with Crippen LogP contribution < -0.4 is 15.0 Å². The standard InChI is InChI=1S/C7H11NO3S/c1-9-5-4-12-7(10-2)6(5)8-11-3/h4,8H,1-3H3. The second-order valence-electron chi connectivity index (χ2n) is 1.98. The maximum absolute atomic E-state index is 5.08. The molecule has 1 heterocycles. The third-order valence-corrected chi connectivity index (χ3v) is 2.25. The molecular formula is C7H11NO3S. The molecule has 0 saturated heterocycles. The van der Waals surface area contributed by atoms with E-state index in [9.17, 15) is 0 Å². The minimum atomic E-state index is 0.721. The molecule has 1 rings (SSSR count). The Balaban J connectivity index is 2.90. The van der Waals surface area contributed by atoms with E-state index in [0.29, 0.717) is 0 Å². The summed E-state index contributed by atoms with van der Waals surface area (Å²) in [5.74, 6) is 0.721. The molecular weight excluding hydrogens is 178 g/mol. The molecule has 0 unspecified atom stereocenters. The van der Waals surface area contributed by atoms with Gasteiger partial charge in [-0.05, 0) is 0 Å². The minimum Gasteiger partial charge on any atom is -0.493 e. The summed E-state index contributed by atoms with van der Waals surface area (Å²) >= 11 is 1.45. The number of hydrogen-bond donors (Lipinski definition) is 1. The van der Waals surface area contributed by atoms with Crippen LogP contribution in [0.5, 0.6) is 10.8 Å². The highest BCUT2D eigenvalue weighted by atomic mass is 32.1. The van der Waals surface area contributed by atoms with Gasteiger partial charge in [0.05, 0.1) is 21.3 Å². The molecule has 0 aliphatic rings. The Morgan fingerprint density at radius 2 is 2.00 bits per heavy atom. The Hall–Kier alpha value is -0.940. The Kier molecular flexibility index (Phi) is 3.19. The second kappa shape index (κ2) is 4.18. The highest BCUT2D eigenvalue weighted by Crippen LogP contribution is 2.40. The van der Waals surface area contributed by atoms with Crippen molar-refractivity contribution in [3.63, 3.8) is 0 Å². The van der Waals surface area contributed by atoms with Crippen LogP contribution in [0.1, 0.15) is 0 Å². The Morgan fingerprint density at radius 3 is 2.50 bits per heavy atom. The monoisotopic (exact) mass is 189 g/mol. The lowest BCUT2D eigenvalue weighted by atomic mass is 10.5. The molecule has 0 spiro atoms. The number of hydrogen-bond acceptors (Lipinski definition) is 5. The van der Waals surface area contributed by atoms with Gasteiger partial charge in [0, 0.05) is 5.38 Å². The summed E-state index contributed by atoms with van der Waals surface area (Å²) in [5, 5.41) is 2.59. The normalized spacial score (nSPS) is 9.58. The molecule has 0 bridgehead atoms. The second-order valence-corrected chi connectivity index (χ2v) is 2.82. The van der Waals surface area contributed by atoms with Crippen LogP contribution in [0.3, 0.4) is 0 Å². The smallest absolute Gasteiger partial charge is 0.203 e. The van der Waals surface area contributed by atoms with Crippen molar-refractivity contribution in [1.29, 1.82) is 0 Å². The van der Waals surface area contributed by atoms with E-state index < -0.39 is 0 Å². The summed E-state index contributed by atoms with van der Waals surface area (Å²) in [5.41, 5.74) is 3.42. The maximum Gasteiger partial charge on any atom is 0.203 e. The predicted octanol–water partition coefficient (Wildman–Crippen LogP) is 1.74. The zero-order chi connectivity index (χ0) is 8.97. The predicted molar refractivity (Wildman–Crippen MR) is 48.1 cm³/mol. The van der Waals surface area contributed by atoms with Crippen LogP contribution in [0.4, 0.5) is 5.69 Å². The van der Waals surface area contributed by atoms with Crippen molar-refractivity contribution in [3.05, 3.63) is 5.38 Å². The summed E-state index contributed by atoms with van der Waals surface area (Å²) in [6.07, 6.45) is 0. The van der Waals surface area contributed by atoms with Gasteiger partial charge in [-0.25, -0.2) is 0 Å². The van der Waals surface area contributed by atoms with E-state index >= 15 is 0 Å². The van der Waals surface area contributed by atoms with Gasteiger partial charge in [-0.3, -0.25) is 10.3 Å². The van der Waals surface area contributed by atoms with Gasteiger partial charge < -0.3 is 9.47 Å². The van der Waals surface area contributed by atoms with Crippen LogP contribution in [0, 0.1) is 0 Å². The average molecular weight is 189 g/mol. The first-order valence-corrected chi connectivity index (χ1v) is 4.20. The van der Waals surface area contributed by atoms with E-state index in [1.54, 1.807) is 14.2 Å². The van der Waals surface area contributed by atoms with Gasteiger partial charge in [-0.15, -0.1) is 11.3 Å². The Morgan fingerprint density at radius 1 is 1.25 bits per heavy atom. The topological polar surface area (TPSA) is 39.7 Å². The van der Waals surface area contributed by atoms with Crippen molar-refractivity contribution in [2.75, 3.05) is 26.8 Å². The Labute approximate surface area is 75.0 Å². The summed E-state index contributed by atoms with van der Waals surface area (Å²) in [6.45, 7) is 0. The van der Waals surface area contributed by atoms with E-state index in [4.69, 9.17) is 14.3 Å². The van der Waals surface area contributed by atoms with Crippen molar-refractivity contribution in [2.24, 2.45) is 0 Å². The first-order chi connectivity index (χ1) is 5.83. The zero-order valence-corrected chi connectivity index (χ0v) is 8.03. The number of rotatable bonds is 4. The van der Waals surface area contributed by atoms with Crippen molar-refractivity contribution >= 4 is 17.0 Å². The SMILES string of the molecule is CONc1c(OC)csc1OC. The zero-order valence-electron chi connectivity index (χ0n) is 7.21. The molecule has 4 nitrogen and oxygen atoms in total. The largest absolute Gasteiger partial charge is 0.493 e. The first kappa shape index (κ1) is 9.15. The molecule has 0 aromatic carbocycles. The Bertz CT molecular complexity index is 227. The molecule has 0 fully saturated rings. The summed E-state index contributed by atoms with van der Waals surface area (Å²) in [6, 6.07) is 0. The number of ether oxygens (including phenoxy) is 2. The van der Waals surface area contributed by atoms with Gasteiger partial charge in [0.15, 0.2) is 11.4 Å². The van der Waals surface area contributed by atoms with Crippen molar-refractivity contribution in [2.45, 2.75) is 0 Å². The van der Waals surface area contributed by atoms with Gasteiger partial charge in [-0.1, -0.05) is 0 Å². The molecule has 1 aromatic heterocycles. The van der Waals surface area contributed by atoms with Crippen LogP contribution in [0.25, 0.3) is 0 Å². The van der Waals surface area contributed by atoms with Crippen LogP contribution in [0.15, 0.2) is 5.38 Å². The van der Waals surface area contributed by atoms with Crippen LogP contribution in [-0.4, -0.2) is 21.3 Å². The molecule has 68 valence electrons. The number of thiophene rings is 1. The van der Waals surface area contributed by atoms with Crippen LogP contribution in [0.2, 0.25) is 0 Å². The van der Waals surface area contributed by atoms with E-state index in [0.717, 1.165) is 16.5 Å². The van der Waals surface area contributed by atoms with E-state index in [1.165, 1.54) is 18.4 Å². The van der Waals surface area contributed by atoms with Crippen molar-refractivity contribution in [1.82, 2.24) is 0 Å². The molecule has 0 aliphatic carbocycles. The molecule has 1 aromatic rings. The number of anilines is 1.